The first kappa shape index (κ1) is 11.1. The van der Waals surface area contributed by atoms with E-state index >= 15 is 0 Å². The lowest BCUT2D eigenvalue weighted by Gasteiger charge is -2.00. The third kappa shape index (κ3) is 2.23. The van der Waals surface area contributed by atoms with Crippen LogP contribution < -0.4 is 5.73 Å². The van der Waals surface area contributed by atoms with Crippen molar-refractivity contribution in [2.45, 2.75) is 19.4 Å². The molecule has 0 radical (unpaired) electrons. The summed E-state index contributed by atoms with van der Waals surface area (Å²) in [5, 5.41) is 9.43. The van der Waals surface area contributed by atoms with Crippen molar-refractivity contribution in [2.24, 2.45) is 5.73 Å². The van der Waals surface area contributed by atoms with Crippen molar-refractivity contribution in [3.05, 3.63) is 29.2 Å². The third-order valence-electron chi connectivity index (χ3n) is 2.14. The fraction of sp³-hybridized carbons (Fsp3) is 0.300. The minimum Gasteiger partial charge on any atom is -0.322 e. The van der Waals surface area contributed by atoms with Crippen molar-refractivity contribution in [2.75, 3.05) is 0 Å². The van der Waals surface area contributed by atoms with Crippen LogP contribution in [0.3, 0.4) is 0 Å². The summed E-state index contributed by atoms with van der Waals surface area (Å²) in [6.07, 6.45) is 1.97. The standard InChI is InChI=1S/C10H11FN4S/c1-2-7(12)9-14-15-10(16-9)8-4-3-6(11)5-13-8/h3-5,7H,2,12H2,1H3. The SMILES string of the molecule is CCC(N)c1nnc(-c2ccc(F)cn2)s1. The zero-order valence-electron chi connectivity index (χ0n) is 8.72. The molecule has 84 valence electrons. The second kappa shape index (κ2) is 4.63. The molecule has 0 saturated carbocycles. The van der Waals surface area contributed by atoms with Crippen LogP contribution in [0.4, 0.5) is 4.39 Å². The minimum absolute atomic E-state index is 0.0910. The predicted octanol–water partition coefficient (Wildman–Crippen LogP) is 2.15. The molecule has 4 nitrogen and oxygen atoms in total. The van der Waals surface area contributed by atoms with E-state index in [9.17, 15) is 4.39 Å². The average Bonchev–Trinajstić information content (AvgIpc) is 2.78. The van der Waals surface area contributed by atoms with Gasteiger partial charge in [-0.1, -0.05) is 18.3 Å². The molecule has 0 saturated heterocycles. The molecule has 0 bridgehead atoms. The number of halogens is 1. The van der Waals surface area contributed by atoms with Crippen molar-refractivity contribution in [1.82, 2.24) is 15.2 Å². The van der Waals surface area contributed by atoms with E-state index in [1.54, 1.807) is 6.07 Å². The van der Waals surface area contributed by atoms with Gasteiger partial charge in [-0.05, 0) is 18.6 Å². The number of nitrogens with zero attached hydrogens (tertiary/aromatic N) is 3. The van der Waals surface area contributed by atoms with E-state index in [2.05, 4.69) is 15.2 Å². The highest BCUT2D eigenvalue weighted by Gasteiger charge is 2.12. The Hall–Kier alpha value is -1.40. The lowest BCUT2D eigenvalue weighted by molar-refractivity contribution is 0.622. The Morgan fingerprint density at radius 3 is 2.88 bits per heavy atom. The van der Waals surface area contributed by atoms with E-state index < -0.39 is 0 Å². The van der Waals surface area contributed by atoms with Gasteiger partial charge in [-0.25, -0.2) is 4.39 Å². The Morgan fingerprint density at radius 1 is 1.44 bits per heavy atom. The summed E-state index contributed by atoms with van der Waals surface area (Å²) in [5.41, 5.74) is 6.46. The number of nitrogens with two attached hydrogens (primary N) is 1. The molecule has 2 aromatic rings. The molecule has 2 rings (SSSR count). The first-order valence-electron chi connectivity index (χ1n) is 4.91. The molecule has 0 aliphatic rings. The first-order chi connectivity index (χ1) is 7.70. The second-order valence-electron chi connectivity index (χ2n) is 3.32. The summed E-state index contributed by atoms with van der Waals surface area (Å²) in [7, 11) is 0. The van der Waals surface area contributed by atoms with Gasteiger partial charge in [0.05, 0.1) is 12.2 Å². The lowest BCUT2D eigenvalue weighted by Crippen LogP contribution is -2.07. The number of hydrogen-bond donors (Lipinski definition) is 1. The second-order valence-corrected chi connectivity index (χ2v) is 4.33. The Morgan fingerprint density at radius 2 is 2.25 bits per heavy atom. The first-order valence-corrected chi connectivity index (χ1v) is 5.73. The Kier molecular flexibility index (Phi) is 3.21. The molecule has 1 unspecified atom stereocenters. The van der Waals surface area contributed by atoms with E-state index in [1.165, 1.54) is 17.4 Å². The maximum Gasteiger partial charge on any atom is 0.166 e. The number of rotatable bonds is 3. The molecular formula is C10H11FN4S. The van der Waals surface area contributed by atoms with Crippen LogP contribution in [0.5, 0.6) is 0 Å². The van der Waals surface area contributed by atoms with Crippen LogP contribution in [-0.2, 0) is 0 Å². The zero-order chi connectivity index (χ0) is 11.5. The quantitative estimate of drug-likeness (QED) is 0.889. The molecule has 6 heteroatoms. The van der Waals surface area contributed by atoms with Gasteiger partial charge >= 0.3 is 0 Å². The lowest BCUT2D eigenvalue weighted by atomic mass is 10.3. The molecule has 0 spiro atoms. The normalized spacial score (nSPS) is 12.7. The Labute approximate surface area is 96.4 Å². The molecule has 0 aromatic carbocycles. The van der Waals surface area contributed by atoms with Crippen LogP contribution in [-0.4, -0.2) is 15.2 Å². The van der Waals surface area contributed by atoms with Crippen LogP contribution in [0.2, 0.25) is 0 Å². The number of aromatic nitrogens is 3. The van der Waals surface area contributed by atoms with Crippen LogP contribution in [0.15, 0.2) is 18.3 Å². The van der Waals surface area contributed by atoms with Crippen molar-refractivity contribution in [3.8, 4) is 10.7 Å². The molecule has 0 aliphatic carbocycles. The van der Waals surface area contributed by atoms with E-state index in [4.69, 9.17) is 5.73 Å². The molecule has 2 N–H and O–H groups in total. The van der Waals surface area contributed by atoms with Crippen LogP contribution in [0.25, 0.3) is 10.7 Å². The number of pyridine rings is 1. The highest BCUT2D eigenvalue weighted by molar-refractivity contribution is 7.14. The summed E-state index contributed by atoms with van der Waals surface area (Å²) in [5.74, 6) is -0.362. The maximum atomic E-state index is 12.7. The van der Waals surface area contributed by atoms with Gasteiger partial charge in [0, 0.05) is 0 Å². The van der Waals surface area contributed by atoms with Crippen molar-refractivity contribution in [1.29, 1.82) is 0 Å². The fourth-order valence-electron chi connectivity index (χ4n) is 1.16. The van der Waals surface area contributed by atoms with Crippen molar-refractivity contribution >= 4 is 11.3 Å². The van der Waals surface area contributed by atoms with Crippen molar-refractivity contribution < 1.29 is 4.39 Å². The zero-order valence-corrected chi connectivity index (χ0v) is 9.54. The summed E-state index contributed by atoms with van der Waals surface area (Å²) in [4.78, 5) is 3.94. The van der Waals surface area contributed by atoms with Gasteiger partial charge in [0.1, 0.15) is 16.5 Å². The van der Waals surface area contributed by atoms with Crippen LogP contribution in [0, 0.1) is 5.82 Å². The Bertz CT molecular complexity index is 468. The monoisotopic (exact) mass is 238 g/mol. The molecule has 0 amide bonds. The molecule has 16 heavy (non-hydrogen) atoms. The molecule has 0 aliphatic heterocycles. The summed E-state index contributed by atoms with van der Waals surface area (Å²) in [6, 6.07) is 2.84. The van der Waals surface area contributed by atoms with Gasteiger partial charge in [-0.3, -0.25) is 4.98 Å². The summed E-state index contributed by atoms with van der Waals surface area (Å²) >= 11 is 1.39. The van der Waals surface area contributed by atoms with Crippen molar-refractivity contribution in [3.63, 3.8) is 0 Å². The third-order valence-corrected chi connectivity index (χ3v) is 3.22. The highest BCUT2D eigenvalue weighted by Crippen LogP contribution is 2.25. The maximum absolute atomic E-state index is 12.7. The predicted molar refractivity (Wildman–Crippen MR) is 60.3 cm³/mol. The molecule has 0 fully saturated rings. The van der Waals surface area contributed by atoms with Crippen LogP contribution >= 0.6 is 11.3 Å². The fourth-order valence-corrected chi connectivity index (χ4v) is 2.07. The molecule has 2 heterocycles. The largest absolute Gasteiger partial charge is 0.322 e. The summed E-state index contributed by atoms with van der Waals surface area (Å²) in [6.45, 7) is 1.99. The smallest absolute Gasteiger partial charge is 0.166 e. The average molecular weight is 238 g/mol. The van der Waals surface area contributed by atoms with Gasteiger partial charge < -0.3 is 5.73 Å². The highest BCUT2D eigenvalue weighted by atomic mass is 32.1. The van der Waals surface area contributed by atoms with Gasteiger partial charge in [-0.15, -0.1) is 10.2 Å². The molecular weight excluding hydrogens is 227 g/mol. The van der Waals surface area contributed by atoms with E-state index in [-0.39, 0.29) is 11.9 Å². The van der Waals surface area contributed by atoms with Gasteiger partial charge in [-0.2, -0.15) is 0 Å². The van der Waals surface area contributed by atoms with Gasteiger partial charge in [0.25, 0.3) is 0 Å². The molecule has 1 atom stereocenters. The minimum atomic E-state index is -0.362. The Balaban J connectivity index is 2.28. The number of hydrogen-bond acceptors (Lipinski definition) is 5. The molecule has 2 aromatic heterocycles. The van der Waals surface area contributed by atoms with E-state index in [0.29, 0.717) is 10.7 Å². The topological polar surface area (TPSA) is 64.7 Å². The van der Waals surface area contributed by atoms with Gasteiger partial charge in [0.15, 0.2) is 5.01 Å². The van der Waals surface area contributed by atoms with E-state index in [0.717, 1.165) is 17.6 Å². The van der Waals surface area contributed by atoms with E-state index in [1.807, 2.05) is 6.92 Å². The van der Waals surface area contributed by atoms with Crippen LogP contribution in [0.1, 0.15) is 24.4 Å². The summed E-state index contributed by atoms with van der Waals surface area (Å²) < 4.78 is 12.7. The van der Waals surface area contributed by atoms with Gasteiger partial charge in [0.2, 0.25) is 0 Å².